The lowest BCUT2D eigenvalue weighted by Gasteiger charge is -2.20. The van der Waals surface area contributed by atoms with Gasteiger partial charge in [0.05, 0.1) is 17.8 Å². The van der Waals surface area contributed by atoms with Crippen LogP contribution in [0.1, 0.15) is 9.67 Å². The Morgan fingerprint density at radius 3 is 2.62 bits per heavy atom. The third-order valence-electron chi connectivity index (χ3n) is 3.17. The monoisotopic (exact) mass is 389 g/mol. The van der Waals surface area contributed by atoms with E-state index in [4.69, 9.17) is 21.1 Å². The first-order valence-corrected chi connectivity index (χ1v) is 9.44. The maximum atomic E-state index is 12.6. The van der Waals surface area contributed by atoms with E-state index in [9.17, 15) is 13.2 Å². The van der Waals surface area contributed by atoms with Crippen molar-refractivity contribution in [3.63, 3.8) is 0 Å². The van der Waals surface area contributed by atoms with Gasteiger partial charge in [-0.15, -0.1) is 11.3 Å². The fourth-order valence-electron chi connectivity index (χ4n) is 2.09. The molecular weight excluding hydrogens is 378 g/mol. The van der Waals surface area contributed by atoms with Crippen molar-refractivity contribution in [1.29, 1.82) is 0 Å². The van der Waals surface area contributed by atoms with Gasteiger partial charge in [0, 0.05) is 12.1 Å². The molecule has 2 aromatic rings. The summed E-state index contributed by atoms with van der Waals surface area (Å²) in [5.74, 6) is 0.112. The highest BCUT2D eigenvalue weighted by Gasteiger charge is 2.26. The molecule has 0 saturated carbocycles. The fourth-order valence-corrected chi connectivity index (χ4v) is 4.76. The van der Waals surface area contributed by atoms with Crippen molar-refractivity contribution in [2.24, 2.45) is 0 Å². The van der Waals surface area contributed by atoms with Crippen molar-refractivity contribution in [2.45, 2.75) is 4.90 Å². The number of esters is 1. The molecule has 0 radical (unpaired) electrons. The van der Waals surface area contributed by atoms with Gasteiger partial charge >= 0.3 is 5.97 Å². The van der Waals surface area contributed by atoms with Gasteiger partial charge < -0.3 is 14.2 Å². The predicted molar refractivity (Wildman–Crippen MR) is 88.9 cm³/mol. The smallest absolute Gasteiger partial charge is 0.349 e. The summed E-state index contributed by atoms with van der Waals surface area (Å²) >= 11 is 7.08. The zero-order valence-corrected chi connectivity index (χ0v) is 14.8. The zero-order valence-electron chi connectivity index (χ0n) is 12.4. The molecule has 0 saturated heterocycles. The Kier molecular flexibility index (Phi) is 4.57. The van der Waals surface area contributed by atoms with Crippen LogP contribution in [0.3, 0.4) is 0 Å². The average Bonchev–Trinajstić information content (AvgIpc) is 3.05. The molecule has 0 atom stereocenters. The van der Waals surface area contributed by atoms with Crippen LogP contribution in [-0.2, 0) is 14.8 Å². The normalized spacial score (nSPS) is 13.4. The van der Waals surface area contributed by atoms with Gasteiger partial charge in [-0.1, -0.05) is 11.6 Å². The number of sulfonamides is 1. The molecule has 0 aliphatic carbocycles. The maximum Gasteiger partial charge on any atom is 0.349 e. The largest absolute Gasteiger partial charge is 0.486 e. The molecule has 10 heteroatoms. The number of hydrogen-bond acceptors (Lipinski definition) is 7. The van der Waals surface area contributed by atoms with Crippen LogP contribution in [0.25, 0.3) is 0 Å². The molecular formula is C14H12ClNO6S2. The maximum absolute atomic E-state index is 12.6. The van der Waals surface area contributed by atoms with Crippen LogP contribution in [0.5, 0.6) is 11.5 Å². The van der Waals surface area contributed by atoms with E-state index in [1.807, 2.05) is 0 Å². The van der Waals surface area contributed by atoms with Gasteiger partial charge in [0.2, 0.25) is 0 Å². The molecule has 2 heterocycles. The fraction of sp³-hybridized carbons (Fsp3) is 0.214. The summed E-state index contributed by atoms with van der Waals surface area (Å²) in [5.41, 5.74) is 0.128. The van der Waals surface area contributed by atoms with Gasteiger partial charge in [-0.05, 0) is 11.4 Å². The summed E-state index contributed by atoms with van der Waals surface area (Å²) in [5, 5.41) is 1.64. The second-order valence-electron chi connectivity index (χ2n) is 4.69. The first kappa shape index (κ1) is 16.9. The van der Waals surface area contributed by atoms with E-state index in [0.29, 0.717) is 24.7 Å². The molecule has 24 heavy (non-hydrogen) atoms. The number of halogens is 1. The topological polar surface area (TPSA) is 90.9 Å². The highest BCUT2D eigenvalue weighted by molar-refractivity contribution is 7.93. The second kappa shape index (κ2) is 6.50. The highest BCUT2D eigenvalue weighted by Crippen LogP contribution is 2.39. The van der Waals surface area contributed by atoms with E-state index in [1.165, 1.54) is 30.7 Å². The SMILES string of the molecule is COC(=O)c1sccc1S(=O)(=O)Nc1cc2c(cc1Cl)OCCO2. The standard InChI is InChI=1S/C14H12ClNO6S2/c1-20-14(17)13-12(2-5-23-13)24(18,19)16-9-7-11-10(6-8(9)15)21-3-4-22-11/h2,5-7,16H,3-4H2,1H3. The average molecular weight is 390 g/mol. The van der Waals surface area contributed by atoms with Crippen LogP contribution >= 0.6 is 22.9 Å². The minimum absolute atomic E-state index is 0.0151. The Balaban J connectivity index is 1.96. The van der Waals surface area contributed by atoms with Gasteiger partial charge in [-0.2, -0.15) is 0 Å². The minimum Gasteiger partial charge on any atom is -0.486 e. The zero-order chi connectivity index (χ0) is 17.3. The Bertz CT molecular complexity index is 893. The van der Waals surface area contributed by atoms with Crippen molar-refractivity contribution in [2.75, 3.05) is 25.0 Å². The molecule has 7 nitrogen and oxygen atoms in total. The molecule has 0 bridgehead atoms. The summed E-state index contributed by atoms with van der Waals surface area (Å²) in [6, 6.07) is 4.24. The molecule has 1 aliphatic heterocycles. The number of carbonyl (C=O) groups excluding carboxylic acids is 1. The highest BCUT2D eigenvalue weighted by atomic mass is 35.5. The third-order valence-corrected chi connectivity index (χ3v) is 5.91. The molecule has 0 amide bonds. The van der Waals surface area contributed by atoms with E-state index in [-0.39, 0.29) is 20.5 Å². The molecule has 3 rings (SSSR count). The Labute approximate surface area is 147 Å². The lowest BCUT2D eigenvalue weighted by Crippen LogP contribution is -2.18. The lowest BCUT2D eigenvalue weighted by molar-refractivity contribution is 0.0602. The number of anilines is 1. The van der Waals surface area contributed by atoms with Crippen molar-refractivity contribution in [3.05, 3.63) is 33.5 Å². The Morgan fingerprint density at radius 1 is 1.29 bits per heavy atom. The van der Waals surface area contributed by atoms with E-state index < -0.39 is 16.0 Å². The van der Waals surface area contributed by atoms with Crippen molar-refractivity contribution in [1.82, 2.24) is 0 Å². The summed E-state index contributed by atoms with van der Waals surface area (Å²) in [6.07, 6.45) is 0. The van der Waals surface area contributed by atoms with E-state index in [1.54, 1.807) is 0 Å². The predicted octanol–water partition coefficient (Wildman–Crippen LogP) is 2.76. The van der Waals surface area contributed by atoms with Gasteiger partial charge in [-0.25, -0.2) is 13.2 Å². The van der Waals surface area contributed by atoms with Crippen molar-refractivity contribution < 1.29 is 27.4 Å². The summed E-state index contributed by atoms with van der Waals surface area (Å²) in [7, 11) is -2.84. The van der Waals surface area contributed by atoms with Crippen LogP contribution in [-0.4, -0.2) is 34.7 Å². The van der Waals surface area contributed by atoms with Crippen LogP contribution in [0.4, 0.5) is 5.69 Å². The number of fused-ring (bicyclic) bond motifs is 1. The number of benzene rings is 1. The number of ether oxygens (including phenoxy) is 3. The van der Waals surface area contributed by atoms with Gasteiger partial charge in [0.15, 0.2) is 11.5 Å². The van der Waals surface area contributed by atoms with Crippen LogP contribution in [0, 0.1) is 0 Å². The van der Waals surface area contributed by atoms with Gasteiger partial charge in [0.1, 0.15) is 23.0 Å². The third kappa shape index (κ3) is 3.14. The number of nitrogens with one attached hydrogen (secondary N) is 1. The van der Waals surface area contributed by atoms with Gasteiger partial charge in [-0.3, -0.25) is 4.72 Å². The molecule has 1 aromatic heterocycles. The first-order chi connectivity index (χ1) is 11.4. The van der Waals surface area contributed by atoms with E-state index >= 15 is 0 Å². The van der Waals surface area contributed by atoms with Crippen LogP contribution < -0.4 is 14.2 Å². The van der Waals surface area contributed by atoms with Crippen LogP contribution in [0.2, 0.25) is 5.02 Å². The minimum atomic E-state index is -4.03. The van der Waals surface area contributed by atoms with E-state index in [0.717, 1.165) is 11.3 Å². The summed E-state index contributed by atoms with van der Waals surface area (Å²) < 4.78 is 42.9. The van der Waals surface area contributed by atoms with E-state index in [2.05, 4.69) is 9.46 Å². The molecule has 1 N–H and O–H groups in total. The van der Waals surface area contributed by atoms with Crippen molar-refractivity contribution in [3.8, 4) is 11.5 Å². The molecule has 0 spiro atoms. The molecule has 0 unspecified atom stereocenters. The number of thiophene rings is 1. The van der Waals surface area contributed by atoms with Gasteiger partial charge in [0.25, 0.3) is 10.0 Å². The lowest BCUT2D eigenvalue weighted by atomic mass is 10.2. The van der Waals surface area contributed by atoms with Crippen LogP contribution in [0.15, 0.2) is 28.5 Å². The first-order valence-electron chi connectivity index (χ1n) is 6.70. The molecule has 0 fully saturated rings. The molecule has 1 aliphatic rings. The van der Waals surface area contributed by atoms with Crippen molar-refractivity contribution >= 4 is 44.6 Å². The Hall–Kier alpha value is -1.97. The number of hydrogen-bond donors (Lipinski definition) is 1. The quantitative estimate of drug-likeness (QED) is 0.808. The number of rotatable bonds is 4. The molecule has 1 aromatic carbocycles. The second-order valence-corrected chi connectivity index (χ2v) is 7.66. The Morgan fingerprint density at radius 2 is 1.96 bits per heavy atom. The number of carbonyl (C=O) groups is 1. The number of methoxy groups -OCH3 is 1. The summed E-state index contributed by atoms with van der Waals surface area (Å²) in [4.78, 5) is 11.5. The summed E-state index contributed by atoms with van der Waals surface area (Å²) in [6.45, 7) is 0.754. The molecule has 128 valence electrons.